The van der Waals surface area contributed by atoms with Crippen molar-refractivity contribution in [3.8, 4) is 0 Å². The number of hydrogen-bond acceptors (Lipinski definition) is 12. The van der Waals surface area contributed by atoms with Gasteiger partial charge >= 0.3 is 11.9 Å². The molecule has 0 saturated carbocycles. The van der Waals surface area contributed by atoms with Gasteiger partial charge in [0, 0.05) is 24.2 Å². The number of nitro groups is 1. The van der Waals surface area contributed by atoms with Crippen LogP contribution in [0.25, 0.3) is 0 Å². The minimum atomic E-state index is -0.726. The highest BCUT2D eigenvalue weighted by Crippen LogP contribution is 2.35. The molecule has 0 unspecified atom stereocenters. The first-order chi connectivity index (χ1) is 23.0. The first kappa shape index (κ1) is 35.8. The maximum atomic E-state index is 13.5. The molecule has 0 aliphatic heterocycles. The lowest BCUT2D eigenvalue weighted by Gasteiger charge is -2.14. The highest BCUT2D eigenvalue weighted by Gasteiger charge is 2.29. The number of thiophene rings is 1. The lowest BCUT2D eigenvalue weighted by Crippen LogP contribution is -2.25. The van der Waals surface area contributed by atoms with Crippen molar-refractivity contribution in [2.24, 2.45) is 0 Å². The molecule has 2 aromatic heterocycles. The molecule has 48 heavy (non-hydrogen) atoms. The highest BCUT2D eigenvalue weighted by molar-refractivity contribution is 8.00. The molecule has 0 aliphatic rings. The Morgan fingerprint density at radius 2 is 1.67 bits per heavy atom. The maximum Gasteiger partial charge on any atom is 0.348 e. The summed E-state index contributed by atoms with van der Waals surface area (Å²) in [7, 11) is 0. The van der Waals surface area contributed by atoms with E-state index in [0.29, 0.717) is 29.5 Å². The molecule has 0 saturated heterocycles. The predicted molar refractivity (Wildman–Crippen MR) is 179 cm³/mol. The molecule has 4 aromatic rings. The Morgan fingerprint density at radius 1 is 1.00 bits per heavy atom. The molecule has 4 rings (SSSR count). The van der Waals surface area contributed by atoms with Gasteiger partial charge in [-0.25, -0.2) is 9.59 Å². The highest BCUT2D eigenvalue weighted by atomic mass is 32.2. The number of carbonyl (C=O) groups is 4. The van der Waals surface area contributed by atoms with E-state index >= 15 is 0 Å². The molecule has 14 nitrogen and oxygen atoms in total. The summed E-state index contributed by atoms with van der Waals surface area (Å²) in [4.78, 5) is 62.2. The van der Waals surface area contributed by atoms with Crippen LogP contribution in [0.2, 0.25) is 0 Å². The molecule has 0 spiro atoms. The first-order valence-corrected chi connectivity index (χ1v) is 16.7. The zero-order valence-electron chi connectivity index (χ0n) is 26.7. The third-order valence-electron chi connectivity index (χ3n) is 6.98. The number of carbonyl (C=O) groups excluding carboxylic acids is 4. The molecule has 1 atom stereocenters. The van der Waals surface area contributed by atoms with Gasteiger partial charge in [0.15, 0.2) is 11.0 Å². The van der Waals surface area contributed by atoms with Gasteiger partial charge in [-0.2, -0.15) is 0 Å². The fourth-order valence-electron chi connectivity index (χ4n) is 4.51. The van der Waals surface area contributed by atoms with Gasteiger partial charge < -0.3 is 24.7 Å². The van der Waals surface area contributed by atoms with Crippen LogP contribution in [0.4, 0.5) is 10.7 Å². The summed E-state index contributed by atoms with van der Waals surface area (Å²) in [6.45, 7) is 7.30. The first-order valence-electron chi connectivity index (χ1n) is 15.0. The smallest absolute Gasteiger partial charge is 0.348 e. The van der Waals surface area contributed by atoms with Crippen LogP contribution in [0.1, 0.15) is 68.1 Å². The van der Waals surface area contributed by atoms with Crippen molar-refractivity contribution in [3.05, 3.63) is 97.7 Å². The van der Waals surface area contributed by atoms with Crippen LogP contribution in [0.3, 0.4) is 0 Å². The number of aryl methyl sites for hydroxylation is 1. The minimum absolute atomic E-state index is 0.00670. The van der Waals surface area contributed by atoms with Crippen LogP contribution < -0.4 is 10.6 Å². The van der Waals surface area contributed by atoms with Crippen LogP contribution in [-0.2, 0) is 33.8 Å². The number of benzene rings is 2. The second kappa shape index (κ2) is 16.6. The summed E-state index contributed by atoms with van der Waals surface area (Å²) in [5, 5.41) is 25.0. The number of amides is 2. The van der Waals surface area contributed by atoms with Crippen LogP contribution in [0, 0.1) is 17.0 Å². The van der Waals surface area contributed by atoms with Gasteiger partial charge in [-0.3, -0.25) is 19.7 Å². The lowest BCUT2D eigenvalue weighted by atomic mass is 10.1. The summed E-state index contributed by atoms with van der Waals surface area (Å²) < 4.78 is 12.1. The predicted octanol–water partition coefficient (Wildman–Crippen LogP) is 5.20. The summed E-state index contributed by atoms with van der Waals surface area (Å²) in [6.07, 6.45) is 0.615. The van der Waals surface area contributed by atoms with E-state index in [1.165, 1.54) is 24.3 Å². The van der Waals surface area contributed by atoms with Gasteiger partial charge in [0.25, 0.3) is 11.6 Å². The third kappa shape index (κ3) is 8.83. The van der Waals surface area contributed by atoms with E-state index in [9.17, 15) is 29.3 Å². The number of anilines is 1. The number of rotatable bonds is 15. The second-order valence-corrected chi connectivity index (χ2v) is 12.6. The van der Waals surface area contributed by atoms with Crippen LogP contribution in [-0.4, -0.2) is 61.9 Å². The van der Waals surface area contributed by atoms with E-state index in [4.69, 9.17) is 9.47 Å². The monoisotopic (exact) mass is 694 g/mol. The number of nitrogens with one attached hydrogen (secondary N) is 2. The molecule has 16 heteroatoms. The lowest BCUT2D eigenvalue weighted by molar-refractivity contribution is -0.384. The Balaban J connectivity index is 1.53. The molecule has 0 aliphatic carbocycles. The Labute approximate surface area is 284 Å². The van der Waals surface area contributed by atoms with E-state index < -0.39 is 33.9 Å². The fourth-order valence-corrected chi connectivity index (χ4v) is 6.50. The van der Waals surface area contributed by atoms with Crippen molar-refractivity contribution in [2.45, 2.75) is 57.6 Å². The number of ether oxygens (including phenoxy) is 2. The Bertz CT molecular complexity index is 1790. The van der Waals surface area contributed by atoms with Gasteiger partial charge in [0.05, 0.1) is 35.5 Å². The van der Waals surface area contributed by atoms with Gasteiger partial charge in [-0.1, -0.05) is 42.1 Å². The average Bonchev–Trinajstić information content (AvgIpc) is 3.62. The molecule has 0 bridgehead atoms. The number of aromatic nitrogens is 3. The molecular formula is C32H34N6O8S2. The van der Waals surface area contributed by atoms with Crippen LogP contribution in [0.5, 0.6) is 0 Å². The molecule has 252 valence electrons. The number of non-ortho nitro benzene ring substituents is 1. The zero-order valence-corrected chi connectivity index (χ0v) is 28.3. The Kier molecular flexibility index (Phi) is 12.4. The van der Waals surface area contributed by atoms with Crippen molar-refractivity contribution in [2.75, 3.05) is 18.5 Å². The van der Waals surface area contributed by atoms with E-state index in [1.54, 1.807) is 27.7 Å². The standard InChI is InChI=1S/C32H34N6O8S2/c1-5-45-30(41)25-19(3)26(31(42)46-6-2)48-29(25)34-27(39)20(4)47-32-36-35-24(37(32)17-16-21-10-8-7-9-11-21)18-33-28(40)22-12-14-23(15-13-22)38(43)44/h7-15,20H,5-6,16-18H2,1-4H3,(H,33,40)(H,34,39)/t20-/m1/s1. The third-order valence-corrected chi connectivity index (χ3v) is 9.25. The van der Waals surface area contributed by atoms with E-state index in [0.717, 1.165) is 28.7 Å². The summed E-state index contributed by atoms with van der Waals surface area (Å²) in [6, 6.07) is 15.0. The molecule has 2 heterocycles. The number of hydrogen-bond donors (Lipinski definition) is 2. The number of nitro benzene ring substituents is 1. The molecule has 0 fully saturated rings. The molecule has 2 aromatic carbocycles. The van der Waals surface area contributed by atoms with Crippen molar-refractivity contribution in [3.63, 3.8) is 0 Å². The van der Waals surface area contributed by atoms with E-state index in [-0.39, 0.29) is 46.5 Å². The second-order valence-electron chi connectivity index (χ2n) is 10.2. The molecular weight excluding hydrogens is 661 g/mol. The van der Waals surface area contributed by atoms with Gasteiger partial charge in [0.2, 0.25) is 5.91 Å². The number of esters is 2. The summed E-state index contributed by atoms with van der Waals surface area (Å²) in [5.41, 5.74) is 1.62. The Hall–Kier alpha value is -5.09. The van der Waals surface area contributed by atoms with Crippen molar-refractivity contribution in [1.82, 2.24) is 20.1 Å². The van der Waals surface area contributed by atoms with Crippen molar-refractivity contribution < 1.29 is 33.6 Å². The quantitative estimate of drug-likeness (QED) is 0.0721. The van der Waals surface area contributed by atoms with E-state index in [1.807, 2.05) is 34.9 Å². The van der Waals surface area contributed by atoms with Crippen LogP contribution in [0.15, 0.2) is 59.8 Å². The summed E-state index contributed by atoms with van der Waals surface area (Å²) in [5.74, 6) is -1.73. The Morgan fingerprint density at radius 3 is 2.31 bits per heavy atom. The SMILES string of the molecule is CCOC(=O)c1sc(NC(=O)[C@@H](C)Sc2nnc(CNC(=O)c3ccc([N+](=O)[O-])cc3)n2CCc2ccccc2)c(C(=O)OCC)c1C. The average molecular weight is 695 g/mol. The minimum Gasteiger partial charge on any atom is -0.462 e. The molecule has 0 radical (unpaired) electrons. The van der Waals surface area contributed by atoms with Gasteiger partial charge in [-0.05, 0) is 57.4 Å². The van der Waals surface area contributed by atoms with Crippen molar-refractivity contribution >= 4 is 57.5 Å². The summed E-state index contributed by atoms with van der Waals surface area (Å²) >= 11 is 2.08. The maximum absolute atomic E-state index is 13.5. The van der Waals surface area contributed by atoms with Crippen LogP contribution >= 0.6 is 23.1 Å². The number of thioether (sulfide) groups is 1. The molecule has 2 amide bonds. The largest absolute Gasteiger partial charge is 0.462 e. The number of nitrogens with zero attached hydrogens (tertiary/aromatic N) is 4. The van der Waals surface area contributed by atoms with E-state index in [2.05, 4.69) is 20.8 Å². The topological polar surface area (TPSA) is 185 Å². The van der Waals surface area contributed by atoms with Gasteiger partial charge in [0.1, 0.15) is 9.88 Å². The fraction of sp³-hybridized carbons (Fsp3) is 0.312. The molecule has 2 N–H and O–H groups in total. The van der Waals surface area contributed by atoms with Gasteiger partial charge in [-0.15, -0.1) is 21.5 Å². The normalized spacial score (nSPS) is 11.4. The van der Waals surface area contributed by atoms with Crippen molar-refractivity contribution in [1.29, 1.82) is 0 Å². The zero-order chi connectivity index (χ0) is 34.8.